The maximum atomic E-state index is 12.0. The highest BCUT2D eigenvalue weighted by Gasteiger charge is 2.45. The van der Waals surface area contributed by atoms with Crippen molar-refractivity contribution in [2.24, 2.45) is 5.92 Å². The van der Waals surface area contributed by atoms with Crippen molar-refractivity contribution in [2.45, 2.75) is 24.6 Å². The van der Waals surface area contributed by atoms with Crippen LogP contribution in [0.25, 0.3) is 0 Å². The number of hydrogen-bond donors (Lipinski definition) is 5. The third-order valence-electron chi connectivity index (χ3n) is 2.52. The molecule has 104 valence electrons. The van der Waals surface area contributed by atoms with Crippen molar-refractivity contribution in [1.82, 2.24) is 10.6 Å². The van der Waals surface area contributed by atoms with E-state index in [4.69, 9.17) is 5.11 Å². The summed E-state index contributed by atoms with van der Waals surface area (Å²) in [7, 11) is 0. The summed E-state index contributed by atoms with van der Waals surface area (Å²) >= 11 is 0. The van der Waals surface area contributed by atoms with Crippen LogP contribution in [-0.4, -0.2) is 58.3 Å². The number of aliphatic carboxylic acids is 1. The molecule has 1 fully saturated rings. The molecule has 0 saturated carbocycles. The Labute approximate surface area is 98.6 Å². The lowest BCUT2D eigenvalue weighted by atomic mass is 9.92. The molecule has 1 aliphatic heterocycles. The van der Waals surface area contributed by atoms with Crippen molar-refractivity contribution in [3.05, 3.63) is 0 Å². The predicted molar refractivity (Wildman–Crippen MR) is 49.1 cm³/mol. The molecular weight excluding hydrogens is 261 g/mol. The van der Waals surface area contributed by atoms with Crippen LogP contribution in [-0.2, 0) is 9.59 Å². The second-order valence-corrected chi connectivity index (χ2v) is 3.78. The highest BCUT2D eigenvalue weighted by Crippen LogP contribution is 2.18. The molecule has 5 N–H and O–H groups in total. The van der Waals surface area contributed by atoms with Crippen LogP contribution in [0.5, 0.6) is 0 Å². The van der Waals surface area contributed by atoms with Gasteiger partial charge in [0.1, 0.15) is 12.3 Å². The van der Waals surface area contributed by atoms with Gasteiger partial charge in [-0.15, -0.1) is 0 Å². The zero-order chi connectivity index (χ0) is 14.1. The van der Waals surface area contributed by atoms with E-state index >= 15 is 0 Å². The van der Waals surface area contributed by atoms with E-state index in [1.807, 2.05) is 0 Å². The Morgan fingerprint density at radius 2 is 1.78 bits per heavy atom. The number of carboxylic acid groups (broad SMARTS) is 1. The Morgan fingerprint density at radius 1 is 1.22 bits per heavy atom. The summed E-state index contributed by atoms with van der Waals surface area (Å²) in [5.74, 6) is -5.06. The van der Waals surface area contributed by atoms with Gasteiger partial charge in [0.15, 0.2) is 0 Å². The average Bonchev–Trinajstić information content (AvgIpc) is 2.22. The summed E-state index contributed by atoms with van der Waals surface area (Å²) < 4.78 is 35.9. The highest BCUT2D eigenvalue weighted by atomic mass is 19.4. The molecular formula is C8H11F3N2O5. The third-order valence-corrected chi connectivity index (χ3v) is 2.52. The quantitative estimate of drug-likeness (QED) is 0.397. The first-order valence-corrected chi connectivity index (χ1v) is 4.84. The van der Waals surface area contributed by atoms with Crippen molar-refractivity contribution >= 4 is 11.9 Å². The molecule has 1 aliphatic rings. The highest BCUT2D eigenvalue weighted by molar-refractivity contribution is 5.82. The monoisotopic (exact) mass is 272 g/mol. The van der Waals surface area contributed by atoms with Crippen LogP contribution in [0.2, 0.25) is 0 Å². The summed E-state index contributed by atoms with van der Waals surface area (Å²) in [4.78, 5) is 21.2. The molecule has 18 heavy (non-hydrogen) atoms. The molecule has 1 heterocycles. The lowest BCUT2D eigenvalue weighted by Crippen LogP contribution is -2.66. The third kappa shape index (κ3) is 3.09. The normalized spacial score (nSPS) is 32.9. The number of hydrogen-bond acceptors (Lipinski definition) is 5. The fourth-order valence-electron chi connectivity index (χ4n) is 1.52. The van der Waals surface area contributed by atoms with E-state index in [-0.39, 0.29) is 6.54 Å². The topological polar surface area (TPSA) is 119 Å². The van der Waals surface area contributed by atoms with Crippen molar-refractivity contribution in [3.63, 3.8) is 0 Å². The molecule has 7 nitrogen and oxygen atoms in total. The van der Waals surface area contributed by atoms with Crippen LogP contribution in [0.1, 0.15) is 0 Å². The molecule has 2 unspecified atom stereocenters. The van der Waals surface area contributed by atoms with Crippen molar-refractivity contribution in [2.75, 3.05) is 6.54 Å². The largest absolute Gasteiger partial charge is 0.481 e. The lowest BCUT2D eigenvalue weighted by Gasteiger charge is -2.36. The minimum Gasteiger partial charge on any atom is -0.481 e. The van der Waals surface area contributed by atoms with E-state index in [2.05, 4.69) is 5.32 Å². The molecule has 0 aromatic heterocycles. The maximum Gasteiger partial charge on any atom is 0.471 e. The minimum atomic E-state index is -5.13. The number of amides is 1. The fraction of sp³-hybridized carbons (Fsp3) is 0.750. The van der Waals surface area contributed by atoms with Crippen molar-refractivity contribution in [1.29, 1.82) is 0 Å². The zero-order valence-electron chi connectivity index (χ0n) is 8.81. The molecule has 1 rings (SSSR count). The molecule has 0 aliphatic carbocycles. The average molecular weight is 272 g/mol. The van der Waals surface area contributed by atoms with Gasteiger partial charge in [-0.3, -0.25) is 14.9 Å². The Balaban J connectivity index is 2.67. The number of piperidine rings is 1. The van der Waals surface area contributed by atoms with Crippen LogP contribution >= 0.6 is 0 Å². The first kappa shape index (κ1) is 14.7. The minimum absolute atomic E-state index is 0.379. The molecule has 0 radical (unpaired) electrons. The van der Waals surface area contributed by atoms with Crippen LogP contribution in [0, 0.1) is 5.92 Å². The number of alkyl halides is 3. The van der Waals surface area contributed by atoms with Gasteiger partial charge in [-0.1, -0.05) is 0 Å². The smallest absolute Gasteiger partial charge is 0.471 e. The Bertz CT molecular complexity index is 348. The van der Waals surface area contributed by atoms with E-state index in [9.17, 15) is 33.0 Å². The van der Waals surface area contributed by atoms with Crippen LogP contribution < -0.4 is 10.6 Å². The Kier molecular flexibility index (Phi) is 4.14. The van der Waals surface area contributed by atoms with Crippen molar-refractivity contribution in [3.8, 4) is 0 Å². The van der Waals surface area contributed by atoms with Gasteiger partial charge in [-0.2, -0.15) is 13.2 Å². The lowest BCUT2D eigenvalue weighted by molar-refractivity contribution is -0.177. The van der Waals surface area contributed by atoms with Crippen LogP contribution in [0.4, 0.5) is 13.2 Å². The van der Waals surface area contributed by atoms with Crippen molar-refractivity contribution < 1.29 is 38.1 Å². The molecule has 0 aromatic rings. The standard InChI is InChI=1S/C8H11F3N2O5/c9-8(10,11)7(18)13-5-4(15)3(14)2(1-12-5)6(16)17/h2-5,12,14-15H,1H2,(H,13,18)(H,16,17)/t2?,3?,4-,5+/m0/s1. The van der Waals surface area contributed by atoms with Gasteiger partial charge < -0.3 is 20.6 Å². The summed E-state index contributed by atoms with van der Waals surface area (Å²) in [6.45, 7) is -0.379. The molecule has 4 atom stereocenters. The van der Waals surface area contributed by atoms with Gasteiger partial charge >= 0.3 is 18.1 Å². The van der Waals surface area contributed by atoms with E-state index < -0.39 is 42.3 Å². The zero-order valence-corrected chi connectivity index (χ0v) is 8.81. The predicted octanol–water partition coefficient (Wildman–Crippen LogP) is -1.98. The first-order valence-electron chi connectivity index (χ1n) is 4.84. The summed E-state index contributed by atoms with van der Waals surface area (Å²) in [6, 6.07) is 0. The number of aliphatic hydroxyl groups excluding tert-OH is 2. The Hall–Kier alpha value is -1.39. The maximum absolute atomic E-state index is 12.0. The second-order valence-electron chi connectivity index (χ2n) is 3.78. The number of carboxylic acids is 1. The molecule has 1 amide bonds. The van der Waals surface area contributed by atoms with E-state index in [1.165, 1.54) is 5.32 Å². The molecule has 10 heteroatoms. The number of rotatable bonds is 2. The Morgan fingerprint density at radius 3 is 2.22 bits per heavy atom. The first-order chi connectivity index (χ1) is 8.14. The van der Waals surface area contributed by atoms with E-state index in [0.29, 0.717) is 0 Å². The van der Waals surface area contributed by atoms with Gasteiger partial charge in [0.25, 0.3) is 0 Å². The summed E-state index contributed by atoms with van der Waals surface area (Å²) in [6.07, 6.45) is -10.3. The summed E-state index contributed by atoms with van der Waals surface area (Å²) in [5, 5.41) is 31.1. The molecule has 1 saturated heterocycles. The van der Waals surface area contributed by atoms with E-state index in [1.54, 1.807) is 0 Å². The molecule has 0 aromatic carbocycles. The summed E-state index contributed by atoms with van der Waals surface area (Å²) in [5.41, 5.74) is 0. The van der Waals surface area contributed by atoms with Gasteiger partial charge in [-0.05, 0) is 0 Å². The van der Waals surface area contributed by atoms with Gasteiger partial charge in [-0.25, -0.2) is 0 Å². The SMILES string of the molecule is O=C(O)C1CN[C@H](NC(=O)C(F)(F)F)[C@@H](O)C1O. The van der Waals surface area contributed by atoms with E-state index in [0.717, 1.165) is 0 Å². The number of nitrogens with one attached hydrogen (secondary N) is 2. The number of halogens is 3. The fourth-order valence-corrected chi connectivity index (χ4v) is 1.52. The van der Waals surface area contributed by atoms with Crippen LogP contribution in [0.3, 0.4) is 0 Å². The number of aliphatic hydroxyl groups is 2. The van der Waals surface area contributed by atoms with Crippen LogP contribution in [0.15, 0.2) is 0 Å². The van der Waals surface area contributed by atoms with Gasteiger partial charge in [0.05, 0.1) is 12.0 Å². The second kappa shape index (κ2) is 5.08. The molecule has 0 spiro atoms. The number of carbonyl (C=O) groups is 2. The van der Waals surface area contributed by atoms with Gasteiger partial charge in [0.2, 0.25) is 0 Å². The number of carbonyl (C=O) groups excluding carboxylic acids is 1. The molecule has 0 bridgehead atoms. The van der Waals surface area contributed by atoms with Gasteiger partial charge in [0, 0.05) is 6.54 Å².